The van der Waals surface area contributed by atoms with Crippen molar-refractivity contribution in [3.8, 4) is 28.3 Å². The van der Waals surface area contributed by atoms with E-state index in [9.17, 15) is 22.0 Å². The maximum atomic E-state index is 14.2. The lowest BCUT2D eigenvalue weighted by Crippen LogP contribution is -2.21. The molecule has 0 bridgehead atoms. The highest BCUT2D eigenvalue weighted by molar-refractivity contribution is 5.80. The molecule has 0 amide bonds. The number of methoxy groups -OCH3 is 1. The van der Waals surface area contributed by atoms with E-state index in [-0.39, 0.29) is 22.7 Å². The standard InChI is InChI=1S/C26H19F5N4O/c1-36-17-9-10-18(20(11-17)26(29,30)31)16-7-5-15(6-8-16)13-35-14-23-22(12-32-35)33-25(34-23)19-3-2-4-21(27)24(19)28/h2-12H,13-14H2,1H3,(H,33,34). The summed E-state index contributed by atoms with van der Waals surface area (Å²) >= 11 is 0. The summed E-state index contributed by atoms with van der Waals surface area (Å²) in [4.78, 5) is 7.34. The molecule has 1 N–H and O–H groups in total. The van der Waals surface area contributed by atoms with Crippen molar-refractivity contribution in [2.75, 3.05) is 7.11 Å². The fourth-order valence-electron chi connectivity index (χ4n) is 4.06. The Balaban J connectivity index is 1.33. The molecule has 0 saturated carbocycles. The molecule has 3 aromatic carbocycles. The summed E-state index contributed by atoms with van der Waals surface area (Å²) in [5, 5.41) is 6.09. The molecule has 0 saturated heterocycles. The Bertz CT molecular complexity index is 1440. The van der Waals surface area contributed by atoms with Gasteiger partial charge in [0.05, 0.1) is 43.2 Å². The molecule has 5 nitrogen and oxygen atoms in total. The van der Waals surface area contributed by atoms with Gasteiger partial charge < -0.3 is 9.72 Å². The SMILES string of the molecule is COc1ccc(-c2ccc(CN3Cc4[nH]c(-c5cccc(F)c5F)nc4C=N3)cc2)c(C(F)(F)F)c1. The van der Waals surface area contributed by atoms with Gasteiger partial charge >= 0.3 is 6.18 Å². The van der Waals surface area contributed by atoms with Crippen LogP contribution < -0.4 is 4.74 Å². The van der Waals surface area contributed by atoms with Crippen LogP contribution in [0.1, 0.15) is 22.5 Å². The first-order valence-electron chi connectivity index (χ1n) is 10.9. The number of H-pyrrole nitrogens is 1. The second-order valence-electron chi connectivity index (χ2n) is 8.22. The zero-order chi connectivity index (χ0) is 25.4. The minimum Gasteiger partial charge on any atom is -0.497 e. The van der Waals surface area contributed by atoms with Gasteiger partial charge in [0.2, 0.25) is 0 Å². The molecular weight excluding hydrogens is 479 g/mol. The molecule has 5 rings (SSSR count). The average Bonchev–Trinajstić information content (AvgIpc) is 3.28. The second kappa shape index (κ2) is 9.10. The van der Waals surface area contributed by atoms with E-state index in [1.807, 2.05) is 0 Å². The number of ether oxygens (including phenoxy) is 1. The van der Waals surface area contributed by atoms with E-state index in [0.717, 1.165) is 17.7 Å². The van der Waals surface area contributed by atoms with Crippen molar-refractivity contribution in [3.63, 3.8) is 0 Å². The van der Waals surface area contributed by atoms with Crippen molar-refractivity contribution >= 4 is 6.21 Å². The molecule has 36 heavy (non-hydrogen) atoms. The molecular formula is C26H19F5N4O. The van der Waals surface area contributed by atoms with Gasteiger partial charge in [-0.1, -0.05) is 36.4 Å². The van der Waals surface area contributed by atoms with E-state index in [2.05, 4.69) is 15.1 Å². The molecule has 0 unspecified atom stereocenters. The minimum absolute atomic E-state index is 0.0247. The Morgan fingerprint density at radius 3 is 2.50 bits per heavy atom. The number of fused-ring (bicyclic) bond motifs is 1. The summed E-state index contributed by atoms with van der Waals surface area (Å²) in [6, 6.07) is 14.5. The number of imidazole rings is 1. The molecule has 0 radical (unpaired) electrons. The first-order chi connectivity index (χ1) is 17.2. The Morgan fingerprint density at radius 2 is 1.78 bits per heavy atom. The molecule has 0 atom stereocenters. The number of nitrogens with one attached hydrogen (secondary N) is 1. The molecule has 184 valence electrons. The fourth-order valence-corrected chi connectivity index (χ4v) is 4.06. The maximum Gasteiger partial charge on any atom is 0.417 e. The lowest BCUT2D eigenvalue weighted by molar-refractivity contribution is -0.137. The third kappa shape index (κ3) is 4.53. The number of alkyl halides is 3. The van der Waals surface area contributed by atoms with Gasteiger partial charge in [-0.05, 0) is 41.0 Å². The molecule has 10 heteroatoms. The van der Waals surface area contributed by atoms with Crippen molar-refractivity contribution in [2.45, 2.75) is 19.3 Å². The maximum absolute atomic E-state index is 14.2. The largest absolute Gasteiger partial charge is 0.497 e. The molecule has 1 aliphatic heterocycles. The Hall–Kier alpha value is -4.21. The number of nitrogens with zero attached hydrogens (tertiary/aromatic N) is 3. The van der Waals surface area contributed by atoms with Gasteiger partial charge in [0.1, 0.15) is 17.3 Å². The van der Waals surface area contributed by atoms with Crippen LogP contribution in [0.15, 0.2) is 65.8 Å². The minimum atomic E-state index is -4.53. The number of halogens is 5. The lowest BCUT2D eigenvalue weighted by Gasteiger charge is -2.21. The number of hydrazone groups is 1. The monoisotopic (exact) mass is 498 g/mol. The highest BCUT2D eigenvalue weighted by atomic mass is 19.4. The van der Waals surface area contributed by atoms with Gasteiger partial charge in [-0.15, -0.1) is 0 Å². The second-order valence-corrected chi connectivity index (χ2v) is 8.22. The van der Waals surface area contributed by atoms with Crippen LogP contribution in [0.25, 0.3) is 22.5 Å². The van der Waals surface area contributed by atoms with Crippen LogP contribution in [0.3, 0.4) is 0 Å². The number of aromatic amines is 1. The molecule has 0 fully saturated rings. The predicted octanol–water partition coefficient (Wildman–Crippen LogP) is 6.40. The van der Waals surface area contributed by atoms with Crippen molar-refractivity contribution in [1.82, 2.24) is 15.0 Å². The van der Waals surface area contributed by atoms with Gasteiger partial charge in [0, 0.05) is 0 Å². The van der Waals surface area contributed by atoms with Crippen LogP contribution in [-0.2, 0) is 19.3 Å². The predicted molar refractivity (Wildman–Crippen MR) is 124 cm³/mol. The van der Waals surface area contributed by atoms with Gasteiger partial charge in [0.15, 0.2) is 11.6 Å². The average molecular weight is 498 g/mol. The summed E-state index contributed by atoms with van der Waals surface area (Å²) in [6.45, 7) is 0.724. The Kier molecular flexibility index (Phi) is 5.95. The van der Waals surface area contributed by atoms with Crippen LogP contribution >= 0.6 is 0 Å². The third-order valence-electron chi connectivity index (χ3n) is 5.86. The highest BCUT2D eigenvalue weighted by Gasteiger charge is 2.34. The summed E-state index contributed by atoms with van der Waals surface area (Å²) < 4.78 is 73.4. The van der Waals surface area contributed by atoms with Crippen molar-refractivity contribution in [1.29, 1.82) is 0 Å². The smallest absolute Gasteiger partial charge is 0.417 e. The number of hydrogen-bond acceptors (Lipinski definition) is 4. The van der Waals surface area contributed by atoms with Crippen LogP contribution in [0.5, 0.6) is 5.75 Å². The van der Waals surface area contributed by atoms with Gasteiger partial charge in [-0.2, -0.15) is 18.3 Å². The van der Waals surface area contributed by atoms with Crippen LogP contribution in [0.2, 0.25) is 0 Å². The molecule has 2 heterocycles. The van der Waals surface area contributed by atoms with E-state index < -0.39 is 23.4 Å². The third-order valence-corrected chi connectivity index (χ3v) is 5.86. The van der Waals surface area contributed by atoms with Crippen molar-refractivity contribution < 1.29 is 26.7 Å². The molecule has 1 aromatic heterocycles. The Morgan fingerprint density at radius 1 is 1.00 bits per heavy atom. The molecule has 0 spiro atoms. The number of rotatable bonds is 5. The van der Waals surface area contributed by atoms with E-state index >= 15 is 0 Å². The molecule has 4 aromatic rings. The van der Waals surface area contributed by atoms with Gasteiger partial charge in [-0.25, -0.2) is 13.8 Å². The zero-order valence-electron chi connectivity index (χ0n) is 18.9. The summed E-state index contributed by atoms with van der Waals surface area (Å²) in [5.74, 6) is -1.61. The zero-order valence-corrected chi connectivity index (χ0v) is 18.9. The quantitative estimate of drug-likeness (QED) is 0.324. The van der Waals surface area contributed by atoms with Gasteiger partial charge in [0.25, 0.3) is 0 Å². The summed E-state index contributed by atoms with van der Waals surface area (Å²) in [5.41, 5.74) is 1.79. The first kappa shape index (κ1) is 23.5. The summed E-state index contributed by atoms with van der Waals surface area (Å²) in [6.07, 6.45) is -3.00. The lowest BCUT2D eigenvalue weighted by atomic mass is 9.98. The number of hydrogen-bond donors (Lipinski definition) is 1. The normalized spacial score (nSPS) is 13.1. The van der Waals surface area contributed by atoms with Gasteiger partial charge in [-0.3, -0.25) is 5.01 Å². The number of benzene rings is 3. The topological polar surface area (TPSA) is 53.5 Å². The number of aromatic nitrogens is 2. The molecule has 0 aliphatic carbocycles. The van der Waals surface area contributed by atoms with Crippen LogP contribution in [-0.4, -0.2) is 28.3 Å². The first-order valence-corrected chi connectivity index (χ1v) is 10.9. The van der Waals surface area contributed by atoms with Crippen LogP contribution in [0.4, 0.5) is 22.0 Å². The van der Waals surface area contributed by atoms with E-state index in [1.165, 1.54) is 37.6 Å². The molecule has 1 aliphatic rings. The fraction of sp³-hybridized carbons (Fsp3) is 0.154. The van der Waals surface area contributed by atoms with Crippen molar-refractivity contribution in [2.24, 2.45) is 5.10 Å². The summed E-state index contributed by atoms with van der Waals surface area (Å²) in [7, 11) is 1.32. The van der Waals surface area contributed by atoms with E-state index in [1.54, 1.807) is 29.3 Å². The van der Waals surface area contributed by atoms with Crippen LogP contribution in [0, 0.1) is 11.6 Å². The van der Waals surface area contributed by atoms with Crippen molar-refractivity contribution in [3.05, 3.63) is 94.8 Å². The highest BCUT2D eigenvalue weighted by Crippen LogP contribution is 2.39. The Labute approximate surface area is 202 Å². The van der Waals surface area contributed by atoms with E-state index in [4.69, 9.17) is 4.74 Å². The van der Waals surface area contributed by atoms with E-state index in [0.29, 0.717) is 30.0 Å².